The van der Waals surface area contributed by atoms with Crippen molar-refractivity contribution in [2.75, 3.05) is 43.7 Å². The number of fused-ring (bicyclic) bond motifs is 1. The van der Waals surface area contributed by atoms with Gasteiger partial charge in [-0.15, -0.1) is 0 Å². The lowest BCUT2D eigenvalue weighted by atomic mass is 10.1. The Labute approximate surface area is 123 Å². The van der Waals surface area contributed by atoms with E-state index in [-0.39, 0.29) is 24.7 Å². The Morgan fingerprint density at radius 2 is 2.29 bits per heavy atom. The molecule has 2 heterocycles. The largest absolute Gasteiger partial charge is 0.396 e. The Kier molecular flexibility index (Phi) is 3.95. The molecule has 1 unspecified atom stereocenters. The third kappa shape index (κ3) is 2.67. The summed E-state index contributed by atoms with van der Waals surface area (Å²) < 4.78 is 19.5. The molecule has 0 amide bonds. The number of morpholine rings is 1. The monoisotopic (exact) mass is 296 g/mol. The lowest BCUT2D eigenvalue weighted by molar-refractivity contribution is 0.0224. The second-order valence-electron chi connectivity index (χ2n) is 5.93. The van der Waals surface area contributed by atoms with E-state index in [9.17, 15) is 9.50 Å². The summed E-state index contributed by atoms with van der Waals surface area (Å²) in [5, 5.41) is 9.36. The summed E-state index contributed by atoms with van der Waals surface area (Å²) in [6.07, 6.45) is 3.05. The molecule has 7 heteroatoms. The van der Waals surface area contributed by atoms with Crippen molar-refractivity contribution in [3.8, 4) is 0 Å². The summed E-state index contributed by atoms with van der Waals surface area (Å²) >= 11 is 0. The minimum Gasteiger partial charge on any atom is -0.396 e. The first kappa shape index (κ1) is 14.5. The zero-order valence-electron chi connectivity index (χ0n) is 12.4. The van der Waals surface area contributed by atoms with Crippen LogP contribution in [0.1, 0.15) is 12.8 Å². The van der Waals surface area contributed by atoms with Crippen LogP contribution in [0.3, 0.4) is 0 Å². The number of rotatable bonds is 3. The molecule has 1 saturated carbocycles. The van der Waals surface area contributed by atoms with Gasteiger partial charge < -0.3 is 19.6 Å². The van der Waals surface area contributed by atoms with E-state index in [1.165, 1.54) is 6.20 Å². The van der Waals surface area contributed by atoms with Crippen LogP contribution >= 0.6 is 0 Å². The number of aliphatic hydroxyl groups is 1. The summed E-state index contributed by atoms with van der Waals surface area (Å²) in [6, 6.07) is 0.163. The number of ether oxygens (including phenoxy) is 1. The molecule has 0 radical (unpaired) electrons. The lowest BCUT2D eigenvalue weighted by Crippen LogP contribution is -2.49. The highest BCUT2D eigenvalue weighted by atomic mass is 19.1. The predicted molar refractivity (Wildman–Crippen MR) is 77.0 cm³/mol. The lowest BCUT2D eigenvalue weighted by Gasteiger charge is -2.37. The zero-order chi connectivity index (χ0) is 15.0. The van der Waals surface area contributed by atoms with Gasteiger partial charge in [-0.1, -0.05) is 0 Å². The van der Waals surface area contributed by atoms with Crippen LogP contribution in [0.25, 0.3) is 0 Å². The molecular formula is C14H21FN4O2. The maximum atomic E-state index is 13.7. The molecular weight excluding hydrogens is 275 g/mol. The second kappa shape index (κ2) is 5.73. The normalized spacial score (nSPS) is 28.6. The van der Waals surface area contributed by atoms with E-state index in [1.54, 1.807) is 19.0 Å². The highest BCUT2D eigenvalue weighted by molar-refractivity contribution is 5.45. The number of hydrogen-bond acceptors (Lipinski definition) is 6. The molecule has 3 rings (SSSR count). The van der Waals surface area contributed by atoms with Gasteiger partial charge in [-0.2, -0.15) is 4.98 Å². The molecule has 1 saturated heterocycles. The summed E-state index contributed by atoms with van der Waals surface area (Å²) in [6.45, 7) is 1.48. The van der Waals surface area contributed by atoms with Gasteiger partial charge in [-0.25, -0.2) is 9.37 Å². The van der Waals surface area contributed by atoms with E-state index in [0.29, 0.717) is 24.9 Å². The number of anilines is 2. The highest BCUT2D eigenvalue weighted by Gasteiger charge is 2.41. The Bertz CT molecular complexity index is 514. The number of hydrogen-bond donors (Lipinski definition) is 1. The van der Waals surface area contributed by atoms with Crippen molar-refractivity contribution in [3.05, 3.63) is 12.0 Å². The first-order valence-electron chi connectivity index (χ1n) is 7.29. The number of aliphatic hydroxyl groups excluding tert-OH is 1. The van der Waals surface area contributed by atoms with Gasteiger partial charge in [-0.3, -0.25) is 0 Å². The molecule has 1 aliphatic heterocycles. The molecule has 116 valence electrons. The number of nitrogens with zero attached hydrogens (tertiary/aromatic N) is 4. The van der Waals surface area contributed by atoms with Crippen LogP contribution in [0.15, 0.2) is 6.20 Å². The molecule has 1 aliphatic carbocycles. The molecule has 1 aromatic heterocycles. The molecule has 6 nitrogen and oxygen atoms in total. The van der Waals surface area contributed by atoms with Crippen LogP contribution in [0.2, 0.25) is 0 Å². The fourth-order valence-corrected chi connectivity index (χ4v) is 3.25. The van der Waals surface area contributed by atoms with Gasteiger partial charge in [0.15, 0.2) is 11.6 Å². The van der Waals surface area contributed by atoms with Crippen LogP contribution in [-0.4, -0.2) is 61.1 Å². The van der Waals surface area contributed by atoms with Gasteiger partial charge >= 0.3 is 0 Å². The van der Waals surface area contributed by atoms with Crippen LogP contribution in [-0.2, 0) is 4.74 Å². The smallest absolute Gasteiger partial charge is 0.227 e. The van der Waals surface area contributed by atoms with Crippen molar-refractivity contribution < 1.29 is 14.2 Å². The van der Waals surface area contributed by atoms with Gasteiger partial charge in [-0.05, 0) is 18.8 Å². The molecule has 0 aromatic carbocycles. The second-order valence-corrected chi connectivity index (χ2v) is 5.93. The van der Waals surface area contributed by atoms with Crippen LogP contribution < -0.4 is 9.80 Å². The number of halogens is 1. The molecule has 1 N–H and O–H groups in total. The summed E-state index contributed by atoms with van der Waals surface area (Å²) in [5.74, 6) is 0.666. The third-order valence-corrected chi connectivity index (χ3v) is 4.29. The van der Waals surface area contributed by atoms with Gasteiger partial charge in [0.1, 0.15) is 0 Å². The predicted octanol–water partition coefficient (Wildman–Crippen LogP) is 0.658. The fraction of sp³-hybridized carbons (Fsp3) is 0.714. The Balaban J connectivity index is 1.87. The Morgan fingerprint density at radius 3 is 3.00 bits per heavy atom. The van der Waals surface area contributed by atoms with E-state index in [2.05, 4.69) is 14.9 Å². The van der Waals surface area contributed by atoms with Gasteiger partial charge in [0.05, 0.1) is 24.9 Å². The van der Waals surface area contributed by atoms with Gasteiger partial charge in [0.25, 0.3) is 0 Å². The van der Waals surface area contributed by atoms with E-state index < -0.39 is 5.82 Å². The standard InChI is InChI=1S/C14H21FN4O2/c1-18(2)13-10(15)7-16-14(17-13)19-3-4-21-12-6-9(8-20)5-11(12)19/h7,9,11-12,20H,3-6,8H2,1-2H3/t9-,11+,12?/m1/s1. The highest BCUT2D eigenvalue weighted by Crippen LogP contribution is 2.35. The fourth-order valence-electron chi connectivity index (χ4n) is 3.25. The van der Waals surface area contributed by atoms with E-state index in [0.717, 1.165) is 12.8 Å². The van der Waals surface area contributed by atoms with Crippen LogP contribution in [0.4, 0.5) is 16.2 Å². The molecule has 1 aromatic rings. The Hall–Kier alpha value is -1.47. The SMILES string of the molecule is CN(C)c1nc(N2CCOC3C[C@H](CO)C[C@@H]32)ncc1F. The molecule has 2 aliphatic rings. The Morgan fingerprint density at radius 1 is 1.48 bits per heavy atom. The molecule has 0 spiro atoms. The van der Waals surface area contributed by atoms with Gasteiger partial charge in [0, 0.05) is 27.2 Å². The zero-order valence-corrected chi connectivity index (χ0v) is 12.4. The molecule has 0 bridgehead atoms. The van der Waals surface area contributed by atoms with Crippen molar-refractivity contribution in [1.82, 2.24) is 9.97 Å². The van der Waals surface area contributed by atoms with Crippen molar-refractivity contribution in [3.63, 3.8) is 0 Å². The minimum atomic E-state index is -0.423. The summed E-state index contributed by atoms with van der Waals surface area (Å²) in [4.78, 5) is 12.2. The molecule has 3 atom stereocenters. The summed E-state index contributed by atoms with van der Waals surface area (Å²) in [5.41, 5.74) is 0. The van der Waals surface area contributed by atoms with E-state index >= 15 is 0 Å². The van der Waals surface area contributed by atoms with E-state index in [4.69, 9.17) is 4.74 Å². The van der Waals surface area contributed by atoms with Crippen molar-refractivity contribution in [2.45, 2.75) is 25.0 Å². The first-order chi connectivity index (χ1) is 10.1. The van der Waals surface area contributed by atoms with Gasteiger partial charge in [0.2, 0.25) is 5.95 Å². The van der Waals surface area contributed by atoms with E-state index in [1.807, 2.05) is 0 Å². The quantitative estimate of drug-likeness (QED) is 0.884. The third-order valence-electron chi connectivity index (χ3n) is 4.29. The maximum absolute atomic E-state index is 13.7. The number of aromatic nitrogens is 2. The van der Waals surface area contributed by atoms with Crippen molar-refractivity contribution in [1.29, 1.82) is 0 Å². The van der Waals surface area contributed by atoms with Crippen LogP contribution in [0, 0.1) is 11.7 Å². The maximum Gasteiger partial charge on any atom is 0.227 e. The summed E-state index contributed by atoms with van der Waals surface area (Å²) in [7, 11) is 3.52. The minimum absolute atomic E-state index is 0.104. The van der Waals surface area contributed by atoms with Crippen LogP contribution in [0.5, 0.6) is 0 Å². The van der Waals surface area contributed by atoms with Crippen molar-refractivity contribution in [2.24, 2.45) is 5.92 Å². The average Bonchev–Trinajstić information content (AvgIpc) is 2.90. The molecule has 21 heavy (non-hydrogen) atoms. The topological polar surface area (TPSA) is 61.7 Å². The molecule has 2 fully saturated rings. The average molecular weight is 296 g/mol. The van der Waals surface area contributed by atoms with Crippen molar-refractivity contribution >= 4 is 11.8 Å². The first-order valence-corrected chi connectivity index (χ1v) is 7.29.